The molecule has 5 rings (SSSR count). The Bertz CT molecular complexity index is 1550. The number of anilines is 2. The molecule has 2 atom stereocenters. The van der Waals surface area contributed by atoms with E-state index >= 15 is 4.39 Å². The minimum absolute atomic E-state index is 0.00337. The van der Waals surface area contributed by atoms with Crippen LogP contribution in [0.2, 0.25) is 5.02 Å². The lowest BCUT2D eigenvalue weighted by Gasteiger charge is -2.27. The van der Waals surface area contributed by atoms with Crippen molar-refractivity contribution < 1.29 is 28.3 Å². The highest BCUT2D eigenvalue weighted by Crippen LogP contribution is 2.39. The molecule has 1 aliphatic heterocycles. The maximum atomic E-state index is 15.4. The second-order valence-electron chi connectivity index (χ2n) is 9.06. The molecule has 0 radical (unpaired) electrons. The Morgan fingerprint density at radius 3 is 2.87 bits per heavy atom. The molecule has 13 heteroatoms. The predicted octanol–water partition coefficient (Wildman–Crippen LogP) is 6.84. The fourth-order valence-corrected chi connectivity index (χ4v) is 6.48. The summed E-state index contributed by atoms with van der Waals surface area (Å²) < 4.78 is 29.6. The number of carbonyl (C=O) groups excluding carboxylic acids is 1. The molecular weight excluding hydrogens is 570 g/mol. The van der Waals surface area contributed by atoms with Crippen molar-refractivity contribution in [2.45, 2.75) is 44.8 Å². The number of hydroxylamine groups is 2. The predicted molar refractivity (Wildman–Crippen MR) is 146 cm³/mol. The van der Waals surface area contributed by atoms with E-state index < -0.39 is 29.5 Å². The van der Waals surface area contributed by atoms with E-state index in [2.05, 4.69) is 15.3 Å². The summed E-state index contributed by atoms with van der Waals surface area (Å²) in [5.74, 6) is -2.37. The topological polar surface area (TPSA) is 105 Å². The number of carboxylic acid groups (broad SMARTS) is 1. The Balaban J connectivity index is 1.34. The van der Waals surface area contributed by atoms with E-state index in [1.165, 1.54) is 53.9 Å². The summed E-state index contributed by atoms with van der Waals surface area (Å²) in [4.78, 5) is 39.2. The number of nitrogens with zero attached hydrogens (tertiary/aromatic N) is 3. The van der Waals surface area contributed by atoms with Gasteiger partial charge >= 0.3 is 5.97 Å². The zero-order chi connectivity index (χ0) is 27.7. The van der Waals surface area contributed by atoms with Gasteiger partial charge in [-0.2, -0.15) is 5.06 Å². The van der Waals surface area contributed by atoms with Crippen molar-refractivity contribution in [3.05, 3.63) is 68.6 Å². The molecule has 0 aliphatic carbocycles. The first-order chi connectivity index (χ1) is 18.7. The highest BCUT2D eigenvalue weighted by Gasteiger charge is 2.34. The molecule has 2 aromatic carbocycles. The number of thiazole rings is 2. The molecule has 1 saturated heterocycles. The molecule has 1 unspecified atom stereocenters. The molecule has 2 aromatic heterocycles. The SMILES string of the molecule is CC(=O)C(ON1CCC[C@H]1c1ncc(CCC(=O)O)s1)c1cc(Cl)c(Nc2nc3cc(F)ccc3s2)cc1F. The lowest BCUT2D eigenvalue weighted by molar-refractivity contribution is -0.210. The van der Waals surface area contributed by atoms with Crippen LogP contribution in [-0.2, 0) is 20.8 Å². The van der Waals surface area contributed by atoms with E-state index in [0.29, 0.717) is 23.6 Å². The molecule has 1 aliphatic rings. The lowest BCUT2D eigenvalue weighted by atomic mass is 10.1. The van der Waals surface area contributed by atoms with Gasteiger partial charge in [-0.25, -0.2) is 18.7 Å². The van der Waals surface area contributed by atoms with E-state index in [9.17, 15) is 14.0 Å². The number of fused-ring (bicyclic) bond motifs is 1. The third-order valence-corrected chi connectivity index (χ3v) is 8.64. The Hall–Kier alpha value is -3.03. The number of ketones is 1. The monoisotopic (exact) mass is 592 g/mol. The average Bonchev–Trinajstić information content (AvgIpc) is 3.62. The maximum absolute atomic E-state index is 15.4. The normalized spacial score (nSPS) is 16.6. The van der Waals surface area contributed by atoms with E-state index in [1.807, 2.05) is 0 Å². The standard InChI is InChI=1S/C26H23ClF2N4O4S2/c1-13(34)24(37-33-8-2-3-21(33)25-30-12-15(38-25)5-7-23(35)36)16-10-17(27)19(11-18(16)29)31-26-32-20-9-14(28)4-6-22(20)39-26/h4,6,9-12,21,24H,2-3,5,7-8H2,1H3,(H,31,32)(H,35,36)/t21-,24?/m0/s1. The molecule has 204 valence electrons. The van der Waals surface area contributed by atoms with Gasteiger partial charge in [0.25, 0.3) is 0 Å². The minimum Gasteiger partial charge on any atom is -0.481 e. The third kappa shape index (κ3) is 6.25. The number of aryl methyl sites for hydroxylation is 1. The van der Waals surface area contributed by atoms with E-state index in [-0.39, 0.29) is 28.7 Å². The number of rotatable bonds is 10. The van der Waals surface area contributed by atoms with E-state index in [1.54, 1.807) is 17.3 Å². The van der Waals surface area contributed by atoms with Crippen LogP contribution >= 0.6 is 34.3 Å². The average molecular weight is 593 g/mol. The van der Waals surface area contributed by atoms with Gasteiger partial charge in [0, 0.05) is 29.2 Å². The zero-order valence-electron chi connectivity index (χ0n) is 20.6. The number of benzene rings is 2. The van der Waals surface area contributed by atoms with Gasteiger partial charge in [0.1, 0.15) is 16.6 Å². The first-order valence-corrected chi connectivity index (χ1v) is 14.1. The lowest BCUT2D eigenvalue weighted by Crippen LogP contribution is -2.29. The largest absolute Gasteiger partial charge is 0.481 e. The number of aromatic nitrogens is 2. The number of carbonyl (C=O) groups is 2. The highest BCUT2D eigenvalue weighted by molar-refractivity contribution is 7.22. The summed E-state index contributed by atoms with van der Waals surface area (Å²) in [6.45, 7) is 1.84. The second kappa shape index (κ2) is 11.6. The summed E-state index contributed by atoms with van der Waals surface area (Å²) in [5.41, 5.74) is 0.710. The van der Waals surface area contributed by atoms with Crippen LogP contribution in [0.15, 0.2) is 36.5 Å². The molecule has 39 heavy (non-hydrogen) atoms. The number of carboxylic acids is 1. The summed E-state index contributed by atoms with van der Waals surface area (Å²) >= 11 is 9.15. The molecule has 0 amide bonds. The molecular formula is C26H23ClF2N4O4S2. The molecule has 0 saturated carbocycles. The zero-order valence-corrected chi connectivity index (χ0v) is 23.0. The third-order valence-electron chi connectivity index (χ3n) is 6.22. The first-order valence-electron chi connectivity index (χ1n) is 12.1. The van der Waals surface area contributed by atoms with Crippen molar-refractivity contribution in [1.29, 1.82) is 0 Å². The molecule has 1 fully saturated rings. The van der Waals surface area contributed by atoms with Crippen LogP contribution in [0.1, 0.15) is 53.8 Å². The first kappa shape index (κ1) is 27.5. The van der Waals surface area contributed by atoms with E-state index in [4.69, 9.17) is 21.5 Å². The summed E-state index contributed by atoms with van der Waals surface area (Å²) in [6.07, 6.45) is 2.35. The van der Waals surface area contributed by atoms with Crippen molar-refractivity contribution in [3.63, 3.8) is 0 Å². The van der Waals surface area contributed by atoms with Crippen molar-refractivity contribution >= 4 is 67.1 Å². The molecule has 3 heterocycles. The number of hydrogen-bond acceptors (Lipinski definition) is 9. The maximum Gasteiger partial charge on any atom is 0.303 e. The molecule has 8 nitrogen and oxygen atoms in total. The van der Waals surface area contributed by atoms with Crippen LogP contribution in [-0.4, -0.2) is 38.4 Å². The molecule has 2 N–H and O–H groups in total. The van der Waals surface area contributed by atoms with Gasteiger partial charge in [-0.15, -0.1) is 11.3 Å². The molecule has 4 aromatic rings. The van der Waals surface area contributed by atoms with Crippen LogP contribution < -0.4 is 5.32 Å². The summed E-state index contributed by atoms with van der Waals surface area (Å²) in [7, 11) is 0. The smallest absolute Gasteiger partial charge is 0.303 e. The second-order valence-corrected chi connectivity index (χ2v) is 11.6. The minimum atomic E-state index is -1.23. The van der Waals surface area contributed by atoms with Crippen LogP contribution in [0.4, 0.5) is 19.6 Å². The number of halogens is 3. The van der Waals surface area contributed by atoms with Gasteiger partial charge in [0.15, 0.2) is 17.0 Å². The Morgan fingerprint density at radius 1 is 1.28 bits per heavy atom. The van der Waals surface area contributed by atoms with Gasteiger partial charge in [-0.1, -0.05) is 22.9 Å². The van der Waals surface area contributed by atoms with Crippen molar-refractivity contribution in [2.75, 3.05) is 11.9 Å². The summed E-state index contributed by atoms with van der Waals surface area (Å²) in [6, 6.07) is 6.56. The van der Waals surface area contributed by atoms with Crippen molar-refractivity contribution in [2.24, 2.45) is 0 Å². The van der Waals surface area contributed by atoms with Crippen LogP contribution in [0.25, 0.3) is 10.2 Å². The Labute approximate surface area is 235 Å². The Kier molecular flexibility index (Phi) is 8.19. The van der Waals surface area contributed by atoms with Crippen LogP contribution in [0.3, 0.4) is 0 Å². The molecule has 0 bridgehead atoms. The fraction of sp³-hybridized carbons (Fsp3) is 0.308. The highest BCUT2D eigenvalue weighted by atomic mass is 35.5. The number of nitrogens with one attached hydrogen (secondary N) is 1. The number of Topliss-reactive ketones (excluding diaryl/α,β-unsaturated/α-hetero) is 1. The van der Waals surface area contributed by atoms with Crippen LogP contribution in [0.5, 0.6) is 0 Å². The van der Waals surface area contributed by atoms with Crippen molar-refractivity contribution in [1.82, 2.24) is 15.0 Å². The van der Waals surface area contributed by atoms with Gasteiger partial charge in [0.05, 0.1) is 33.4 Å². The van der Waals surface area contributed by atoms with Gasteiger partial charge in [-0.05, 0) is 50.5 Å². The fourth-order valence-electron chi connectivity index (χ4n) is 4.35. The number of hydrogen-bond donors (Lipinski definition) is 2. The van der Waals surface area contributed by atoms with Crippen molar-refractivity contribution in [3.8, 4) is 0 Å². The van der Waals surface area contributed by atoms with Gasteiger partial charge in [-0.3, -0.25) is 14.4 Å². The number of aliphatic carboxylic acids is 1. The summed E-state index contributed by atoms with van der Waals surface area (Å²) in [5, 5.41) is 14.9. The van der Waals surface area contributed by atoms with E-state index in [0.717, 1.165) is 27.4 Å². The van der Waals surface area contributed by atoms with Crippen LogP contribution in [0, 0.1) is 11.6 Å². The quantitative estimate of drug-likeness (QED) is 0.206. The molecule has 0 spiro atoms. The van der Waals surface area contributed by atoms with Gasteiger partial charge < -0.3 is 10.4 Å². The Morgan fingerprint density at radius 2 is 2.10 bits per heavy atom. The van der Waals surface area contributed by atoms with Gasteiger partial charge in [0.2, 0.25) is 0 Å².